The van der Waals surface area contributed by atoms with E-state index in [0.29, 0.717) is 22.2 Å². The molecule has 7 rings (SSSR count). The molecule has 2 aromatic rings. The van der Waals surface area contributed by atoms with E-state index in [1.54, 1.807) is 17.0 Å². The molecule has 9 nitrogen and oxygen atoms in total. The van der Waals surface area contributed by atoms with Crippen LogP contribution in [0.1, 0.15) is 37.7 Å². The van der Waals surface area contributed by atoms with Gasteiger partial charge in [0.1, 0.15) is 18.2 Å². The molecule has 42 heavy (non-hydrogen) atoms. The Labute approximate surface area is 249 Å². The normalized spacial score (nSPS) is 31.2. The zero-order valence-electron chi connectivity index (χ0n) is 23.4. The molecule has 2 aromatic carbocycles. The molecule has 1 aliphatic carbocycles. The van der Waals surface area contributed by atoms with Gasteiger partial charge in [-0.3, -0.25) is 14.4 Å². The summed E-state index contributed by atoms with van der Waals surface area (Å²) >= 11 is 6.29. The lowest BCUT2D eigenvalue weighted by atomic mass is 9.74. The number of rotatable bonds is 6. The zero-order chi connectivity index (χ0) is 29.0. The number of nitrogens with one attached hydrogen (secondary N) is 2. The monoisotopic (exact) mass is 591 g/mol. The summed E-state index contributed by atoms with van der Waals surface area (Å²) in [5.41, 5.74) is 0.183. The Bertz CT molecular complexity index is 1460. The van der Waals surface area contributed by atoms with Gasteiger partial charge in [0.15, 0.2) is 17.6 Å². The summed E-state index contributed by atoms with van der Waals surface area (Å²) in [6.45, 7) is 2.24. The number of hydrogen-bond acceptors (Lipinski definition) is 6. The van der Waals surface area contributed by atoms with Crippen LogP contribution in [0, 0.1) is 18.8 Å². The number of carbonyl (C=O) groups is 3. The highest BCUT2D eigenvalue weighted by atomic mass is 35.5. The Morgan fingerprint density at radius 3 is 2.64 bits per heavy atom. The Morgan fingerprint density at radius 1 is 1.07 bits per heavy atom. The van der Waals surface area contributed by atoms with Crippen molar-refractivity contribution in [3.8, 4) is 11.5 Å². The van der Waals surface area contributed by atoms with Gasteiger partial charge in [0.2, 0.25) is 17.7 Å². The largest absolute Gasteiger partial charge is 0.486 e. The van der Waals surface area contributed by atoms with Crippen molar-refractivity contribution in [3.63, 3.8) is 0 Å². The number of amides is 3. The molecule has 220 valence electrons. The molecular weight excluding hydrogens is 558 g/mol. The van der Waals surface area contributed by atoms with Gasteiger partial charge in [0, 0.05) is 16.8 Å². The fourth-order valence-corrected chi connectivity index (χ4v) is 7.44. The van der Waals surface area contributed by atoms with Crippen molar-refractivity contribution in [3.05, 3.63) is 65.2 Å². The van der Waals surface area contributed by atoms with Gasteiger partial charge in [-0.15, -0.1) is 0 Å². The lowest BCUT2D eigenvalue weighted by Crippen LogP contribution is -2.58. The van der Waals surface area contributed by atoms with E-state index < -0.39 is 35.7 Å². The average Bonchev–Trinajstić information content (AvgIpc) is 3.63. The number of fused-ring (bicyclic) bond motifs is 2. The molecule has 0 unspecified atom stereocenters. The van der Waals surface area contributed by atoms with Crippen molar-refractivity contribution in [1.29, 1.82) is 0 Å². The van der Waals surface area contributed by atoms with Crippen LogP contribution >= 0.6 is 11.6 Å². The average molecular weight is 592 g/mol. The predicted octanol–water partition coefficient (Wildman–Crippen LogP) is 4.03. The first-order valence-corrected chi connectivity index (χ1v) is 15.2. The number of benzene rings is 2. The summed E-state index contributed by atoms with van der Waals surface area (Å²) in [6.07, 6.45) is 7.61. The lowest BCUT2D eigenvalue weighted by molar-refractivity contribution is -0.143. The van der Waals surface area contributed by atoms with Gasteiger partial charge in [-0.2, -0.15) is 0 Å². The van der Waals surface area contributed by atoms with Crippen LogP contribution in [-0.4, -0.2) is 65.7 Å². The zero-order valence-corrected chi connectivity index (χ0v) is 24.1. The van der Waals surface area contributed by atoms with Gasteiger partial charge >= 0.3 is 0 Å². The van der Waals surface area contributed by atoms with Crippen molar-refractivity contribution in [2.24, 2.45) is 11.8 Å². The number of nitrogens with zero attached hydrogens (tertiary/aromatic N) is 1. The number of aryl methyl sites for hydroxylation is 1. The summed E-state index contributed by atoms with van der Waals surface area (Å²) in [6, 6.07) is 11.8. The third kappa shape index (κ3) is 4.54. The number of para-hydroxylation sites is 2. The van der Waals surface area contributed by atoms with E-state index in [-0.39, 0.29) is 36.9 Å². The van der Waals surface area contributed by atoms with Gasteiger partial charge in [0.05, 0.1) is 24.5 Å². The summed E-state index contributed by atoms with van der Waals surface area (Å²) < 4.78 is 18.6. The smallest absolute Gasteiger partial charge is 0.246 e. The van der Waals surface area contributed by atoms with E-state index in [1.165, 1.54) is 0 Å². The second-order valence-electron chi connectivity index (χ2n) is 12.0. The summed E-state index contributed by atoms with van der Waals surface area (Å²) in [5, 5.41) is 6.68. The molecule has 0 radical (unpaired) electrons. The molecule has 3 fully saturated rings. The molecular formula is C32H34ClN3O6. The summed E-state index contributed by atoms with van der Waals surface area (Å²) in [7, 11) is 0. The number of hydrogen-bond donors (Lipinski definition) is 2. The number of likely N-dealkylation sites (tertiary alicyclic amines) is 1. The van der Waals surface area contributed by atoms with E-state index in [1.807, 2.05) is 49.4 Å². The quantitative estimate of drug-likeness (QED) is 0.492. The molecule has 1 spiro atoms. The first-order chi connectivity index (χ1) is 20.3. The molecule has 5 aliphatic rings. The van der Waals surface area contributed by atoms with Gasteiger partial charge in [-0.05, 0) is 49.6 Å². The van der Waals surface area contributed by atoms with E-state index in [2.05, 4.69) is 10.6 Å². The minimum Gasteiger partial charge on any atom is -0.486 e. The minimum absolute atomic E-state index is 0.0488. The van der Waals surface area contributed by atoms with Crippen LogP contribution < -0.4 is 20.1 Å². The van der Waals surface area contributed by atoms with E-state index in [9.17, 15) is 14.4 Å². The number of ether oxygens (including phenoxy) is 3. The van der Waals surface area contributed by atoms with Gasteiger partial charge in [-0.25, -0.2) is 0 Å². The Balaban J connectivity index is 1.18. The van der Waals surface area contributed by atoms with E-state index in [0.717, 1.165) is 37.7 Å². The molecule has 3 amide bonds. The molecule has 0 aromatic heterocycles. The van der Waals surface area contributed by atoms with E-state index >= 15 is 0 Å². The Morgan fingerprint density at radius 2 is 1.86 bits per heavy atom. The van der Waals surface area contributed by atoms with Gasteiger partial charge < -0.3 is 29.7 Å². The molecule has 6 atom stereocenters. The van der Waals surface area contributed by atoms with Crippen molar-refractivity contribution in [2.45, 2.75) is 68.9 Å². The first kappa shape index (κ1) is 27.3. The highest BCUT2D eigenvalue weighted by molar-refractivity contribution is 6.31. The van der Waals surface area contributed by atoms with Crippen LogP contribution in [0.15, 0.2) is 54.6 Å². The maximum atomic E-state index is 14.3. The fraction of sp³-hybridized carbons (Fsp3) is 0.469. The van der Waals surface area contributed by atoms with Crippen LogP contribution in [0.25, 0.3) is 0 Å². The topological polar surface area (TPSA) is 106 Å². The van der Waals surface area contributed by atoms with Gasteiger partial charge in [0.25, 0.3) is 0 Å². The molecule has 10 heteroatoms. The Kier molecular flexibility index (Phi) is 6.89. The molecule has 4 aliphatic heterocycles. The summed E-state index contributed by atoms with van der Waals surface area (Å²) in [5.74, 6) is -1.32. The predicted molar refractivity (Wildman–Crippen MR) is 155 cm³/mol. The number of anilines is 1. The van der Waals surface area contributed by atoms with Crippen molar-refractivity contribution in [1.82, 2.24) is 10.2 Å². The van der Waals surface area contributed by atoms with Crippen molar-refractivity contribution < 1.29 is 28.6 Å². The second kappa shape index (κ2) is 10.6. The summed E-state index contributed by atoms with van der Waals surface area (Å²) in [4.78, 5) is 43.6. The number of carbonyl (C=O) groups excluding carboxylic acids is 3. The Hall–Kier alpha value is -3.56. The van der Waals surface area contributed by atoms with Crippen molar-refractivity contribution >= 4 is 35.0 Å². The highest BCUT2D eigenvalue weighted by Gasteiger charge is 2.73. The highest BCUT2D eigenvalue weighted by Crippen LogP contribution is 2.55. The minimum atomic E-state index is -1.25. The van der Waals surface area contributed by atoms with Crippen LogP contribution in [0.2, 0.25) is 5.02 Å². The van der Waals surface area contributed by atoms with E-state index in [4.69, 9.17) is 25.8 Å². The van der Waals surface area contributed by atoms with Crippen LogP contribution in [-0.2, 0) is 19.1 Å². The lowest BCUT2D eigenvalue weighted by Gasteiger charge is -2.36. The maximum absolute atomic E-state index is 14.3. The standard InChI is InChI=1S/C32H34ClN3O6/c1-18-11-12-20(15-22(18)33)35-29(37)26-25-13-14-32(42-25)27(26)31(39)36(28(32)30(38)34-19-7-3-2-4-8-19)16-21-17-40-23-9-5-6-10-24(23)41-21/h5-6,9-15,19,21,25-28H,2-4,7-8,16-17H2,1H3,(H,34,38)(H,35,37)/t21-,25+,26-,27+,28-,32+/m0/s1. The molecule has 2 bridgehead atoms. The third-order valence-electron chi connectivity index (χ3n) is 9.28. The second-order valence-corrected chi connectivity index (χ2v) is 12.4. The van der Waals surface area contributed by atoms with Crippen LogP contribution in [0.4, 0.5) is 5.69 Å². The van der Waals surface area contributed by atoms with Crippen LogP contribution in [0.5, 0.6) is 11.5 Å². The maximum Gasteiger partial charge on any atom is 0.246 e. The third-order valence-corrected chi connectivity index (χ3v) is 9.69. The van der Waals surface area contributed by atoms with Gasteiger partial charge in [-0.1, -0.05) is 61.2 Å². The molecule has 1 saturated carbocycles. The van der Waals surface area contributed by atoms with Crippen molar-refractivity contribution in [2.75, 3.05) is 18.5 Å². The molecule has 2 saturated heterocycles. The SMILES string of the molecule is Cc1ccc(NC(=O)[C@H]2[C@H]3C=C[C@]4(O3)[C@H](C(=O)NC3CCCCC3)N(C[C@H]3COc5ccccc5O3)C(=O)[C@@H]24)cc1Cl. The first-order valence-electron chi connectivity index (χ1n) is 14.8. The van der Waals surface area contributed by atoms with Crippen LogP contribution in [0.3, 0.4) is 0 Å². The fourth-order valence-electron chi connectivity index (χ4n) is 7.26. The molecule has 4 heterocycles. The number of halogens is 1. The molecule has 2 N–H and O–H groups in total.